The number of primary sulfonamides is 1. The van der Waals surface area contributed by atoms with Crippen LogP contribution in [0, 0.1) is 0 Å². The Kier molecular flexibility index (Phi) is 4.75. The number of amides is 3. The Bertz CT molecular complexity index is 1160. The molecule has 0 aromatic heterocycles. The van der Waals surface area contributed by atoms with E-state index in [1.807, 2.05) is 0 Å². The van der Waals surface area contributed by atoms with Crippen molar-refractivity contribution in [2.75, 3.05) is 25.6 Å². The van der Waals surface area contributed by atoms with E-state index in [1.54, 1.807) is 38.4 Å². The van der Waals surface area contributed by atoms with E-state index < -0.39 is 16.1 Å². The van der Waals surface area contributed by atoms with Crippen molar-refractivity contribution in [3.05, 3.63) is 65.4 Å². The highest BCUT2D eigenvalue weighted by Gasteiger charge is 2.43. The van der Waals surface area contributed by atoms with Crippen molar-refractivity contribution in [3.8, 4) is 5.75 Å². The van der Waals surface area contributed by atoms with Crippen LogP contribution in [0.2, 0.25) is 0 Å². The average molecular weight is 428 g/mol. The topological polar surface area (TPSA) is 122 Å². The van der Waals surface area contributed by atoms with E-state index in [2.05, 4.69) is 5.32 Å². The summed E-state index contributed by atoms with van der Waals surface area (Å²) >= 11 is 0. The summed E-state index contributed by atoms with van der Waals surface area (Å²) in [5.74, 6) is 0.405. The number of hydrogen-bond acceptors (Lipinski definition) is 5. The lowest BCUT2D eigenvalue weighted by molar-refractivity contribution is -0.114. The van der Waals surface area contributed by atoms with E-state index in [0.29, 0.717) is 22.7 Å². The minimum absolute atomic E-state index is 0.0410. The van der Waals surface area contributed by atoms with Gasteiger partial charge < -0.3 is 15.0 Å². The predicted molar refractivity (Wildman–Crippen MR) is 109 cm³/mol. The van der Waals surface area contributed by atoms with Crippen molar-refractivity contribution in [1.29, 1.82) is 0 Å². The van der Waals surface area contributed by atoms with Gasteiger partial charge >= 0.3 is 6.03 Å². The van der Waals surface area contributed by atoms with Crippen molar-refractivity contribution in [1.82, 2.24) is 10.2 Å². The molecular weight excluding hydrogens is 408 g/mol. The number of methoxy groups -OCH3 is 1. The number of urea groups is 1. The van der Waals surface area contributed by atoms with Gasteiger partial charge in [0.1, 0.15) is 5.75 Å². The molecule has 0 fully saturated rings. The van der Waals surface area contributed by atoms with Gasteiger partial charge in [-0.15, -0.1) is 0 Å². The molecule has 2 heterocycles. The molecule has 0 spiro atoms. The summed E-state index contributed by atoms with van der Waals surface area (Å²) in [4.78, 5) is 28.7. The Morgan fingerprint density at radius 2 is 1.70 bits per heavy atom. The molecule has 30 heavy (non-hydrogen) atoms. The Labute approximate surface area is 173 Å². The quantitative estimate of drug-likeness (QED) is 0.761. The first-order valence-electron chi connectivity index (χ1n) is 9.06. The lowest BCUT2D eigenvalue weighted by atomic mass is 9.95. The summed E-state index contributed by atoms with van der Waals surface area (Å²) < 4.78 is 28.2. The zero-order valence-corrected chi connectivity index (χ0v) is 17.1. The van der Waals surface area contributed by atoms with Crippen LogP contribution in [0.5, 0.6) is 5.75 Å². The van der Waals surface area contributed by atoms with Gasteiger partial charge in [0.05, 0.1) is 35.9 Å². The third kappa shape index (κ3) is 3.29. The van der Waals surface area contributed by atoms with Crippen LogP contribution in [-0.4, -0.2) is 46.0 Å². The fourth-order valence-electron chi connectivity index (χ4n) is 3.64. The molecule has 2 aliphatic rings. The molecule has 10 heteroatoms. The molecule has 0 radical (unpaired) electrons. The summed E-state index contributed by atoms with van der Waals surface area (Å²) in [6, 6.07) is 12.0. The van der Waals surface area contributed by atoms with Gasteiger partial charge in [0, 0.05) is 12.7 Å². The summed E-state index contributed by atoms with van der Waals surface area (Å²) in [6.45, 7) is 0.194. The minimum atomic E-state index is -3.83. The van der Waals surface area contributed by atoms with Crippen LogP contribution in [0.1, 0.15) is 11.6 Å². The molecule has 156 valence electrons. The number of carbonyl (C=O) groups excluding carboxylic acids is 2. The maximum atomic E-state index is 13.3. The number of nitrogens with two attached hydrogens (primary N) is 1. The van der Waals surface area contributed by atoms with Crippen LogP contribution in [0.4, 0.5) is 10.5 Å². The van der Waals surface area contributed by atoms with Gasteiger partial charge in [0.2, 0.25) is 10.0 Å². The number of ether oxygens (including phenoxy) is 1. The van der Waals surface area contributed by atoms with Crippen molar-refractivity contribution in [2.45, 2.75) is 10.9 Å². The Hall–Kier alpha value is -3.37. The summed E-state index contributed by atoms with van der Waals surface area (Å²) in [7, 11) is -0.662. The van der Waals surface area contributed by atoms with E-state index in [1.165, 1.54) is 34.1 Å². The number of benzene rings is 2. The van der Waals surface area contributed by atoms with Crippen LogP contribution in [0.15, 0.2) is 64.7 Å². The second-order valence-electron chi connectivity index (χ2n) is 7.01. The molecule has 0 bridgehead atoms. The first kappa shape index (κ1) is 19.9. The maximum Gasteiger partial charge on any atom is 0.322 e. The number of sulfonamides is 1. The number of anilines is 1. The van der Waals surface area contributed by atoms with E-state index in [9.17, 15) is 18.0 Å². The van der Waals surface area contributed by atoms with E-state index in [0.717, 1.165) is 5.56 Å². The van der Waals surface area contributed by atoms with Gasteiger partial charge in [-0.1, -0.05) is 12.1 Å². The third-order valence-electron chi connectivity index (χ3n) is 5.29. The lowest BCUT2D eigenvalue weighted by Gasteiger charge is -2.31. The highest BCUT2D eigenvalue weighted by atomic mass is 32.2. The normalized spacial score (nSPS) is 19.1. The molecule has 0 saturated heterocycles. The number of carbonyl (C=O) groups is 2. The van der Waals surface area contributed by atoms with Gasteiger partial charge in [-0.2, -0.15) is 0 Å². The number of nitrogens with one attached hydrogen (secondary N) is 1. The van der Waals surface area contributed by atoms with Crippen molar-refractivity contribution in [3.63, 3.8) is 0 Å². The number of rotatable bonds is 4. The zero-order valence-electron chi connectivity index (χ0n) is 16.3. The van der Waals surface area contributed by atoms with Gasteiger partial charge in [0.15, 0.2) is 0 Å². The van der Waals surface area contributed by atoms with Crippen LogP contribution in [0.3, 0.4) is 0 Å². The second-order valence-corrected chi connectivity index (χ2v) is 8.57. The van der Waals surface area contributed by atoms with E-state index in [4.69, 9.17) is 9.88 Å². The zero-order chi connectivity index (χ0) is 21.6. The fourth-order valence-corrected chi connectivity index (χ4v) is 4.15. The molecule has 2 aliphatic heterocycles. The minimum Gasteiger partial charge on any atom is -0.497 e. The second kappa shape index (κ2) is 7.15. The molecule has 4 rings (SSSR count). The highest BCUT2D eigenvalue weighted by Crippen LogP contribution is 2.38. The molecule has 0 saturated carbocycles. The first-order valence-corrected chi connectivity index (χ1v) is 10.6. The lowest BCUT2D eigenvalue weighted by Crippen LogP contribution is -2.45. The summed E-state index contributed by atoms with van der Waals surface area (Å²) in [5.41, 5.74) is 2.33. The molecule has 0 unspecified atom stereocenters. The van der Waals surface area contributed by atoms with Gasteiger partial charge in [-0.05, 0) is 42.0 Å². The fraction of sp³-hybridized carbons (Fsp3) is 0.200. The number of nitrogens with zero attached hydrogens (tertiary/aromatic N) is 2. The van der Waals surface area contributed by atoms with E-state index >= 15 is 0 Å². The van der Waals surface area contributed by atoms with Crippen molar-refractivity contribution in [2.24, 2.45) is 5.14 Å². The smallest absolute Gasteiger partial charge is 0.322 e. The standard InChI is InChI=1S/C20H20N4O5S/c1-23-16-11-24(13-5-9-15(10-6-13)30(21,27)28)19(25)17(16)18(22-20(23)26)12-3-7-14(29-2)8-4-12/h3-10,18H,11H2,1-2H3,(H,22,26)(H2,21,27,28)/t18-/m1/s1. The predicted octanol–water partition coefficient (Wildman–Crippen LogP) is 1.34. The number of likely N-dealkylation sites (N-methyl/N-ethyl adjacent to an activating group) is 1. The Morgan fingerprint density at radius 3 is 2.27 bits per heavy atom. The highest BCUT2D eigenvalue weighted by molar-refractivity contribution is 7.89. The molecule has 1 atom stereocenters. The molecule has 3 N–H and O–H groups in total. The Morgan fingerprint density at radius 1 is 1.07 bits per heavy atom. The maximum absolute atomic E-state index is 13.3. The molecular formula is C20H20N4O5S. The van der Waals surface area contributed by atoms with Gasteiger partial charge in [-0.3, -0.25) is 9.69 Å². The molecule has 0 aliphatic carbocycles. The van der Waals surface area contributed by atoms with Crippen LogP contribution in [0.25, 0.3) is 0 Å². The monoisotopic (exact) mass is 428 g/mol. The third-order valence-corrected chi connectivity index (χ3v) is 6.22. The van der Waals surface area contributed by atoms with Gasteiger partial charge in [0.25, 0.3) is 5.91 Å². The number of hydrogen-bond donors (Lipinski definition) is 2. The average Bonchev–Trinajstić information content (AvgIpc) is 3.08. The molecule has 3 amide bonds. The van der Waals surface area contributed by atoms with Crippen molar-refractivity contribution >= 4 is 27.6 Å². The van der Waals surface area contributed by atoms with E-state index in [-0.39, 0.29) is 23.4 Å². The van der Waals surface area contributed by atoms with Crippen LogP contribution in [-0.2, 0) is 14.8 Å². The SMILES string of the molecule is COc1ccc([C@H]2NC(=O)N(C)C3=C2C(=O)N(c2ccc(S(N)(=O)=O)cc2)C3)cc1. The van der Waals surface area contributed by atoms with Gasteiger partial charge in [-0.25, -0.2) is 18.4 Å². The molecule has 9 nitrogen and oxygen atoms in total. The molecule has 2 aromatic carbocycles. The molecule has 2 aromatic rings. The Balaban J connectivity index is 1.70. The summed E-state index contributed by atoms with van der Waals surface area (Å²) in [5, 5.41) is 8.01. The van der Waals surface area contributed by atoms with Crippen molar-refractivity contribution < 1.29 is 22.7 Å². The van der Waals surface area contributed by atoms with Crippen LogP contribution >= 0.6 is 0 Å². The summed E-state index contributed by atoms with van der Waals surface area (Å²) in [6.07, 6.45) is 0. The largest absolute Gasteiger partial charge is 0.497 e. The van der Waals surface area contributed by atoms with Crippen LogP contribution < -0.4 is 20.1 Å². The first-order chi connectivity index (χ1) is 14.2.